The van der Waals surface area contributed by atoms with Crippen molar-refractivity contribution in [3.8, 4) is 11.6 Å². The number of rotatable bonds is 6. The predicted octanol–water partition coefficient (Wildman–Crippen LogP) is 2.78. The minimum atomic E-state index is 0.443. The largest absolute Gasteiger partial charge is 0.356 e. The van der Waals surface area contributed by atoms with Crippen LogP contribution in [0.25, 0.3) is 11.6 Å². The molecule has 1 fully saturated rings. The third kappa shape index (κ3) is 5.35. The van der Waals surface area contributed by atoms with Crippen LogP contribution >= 0.6 is 22.9 Å². The van der Waals surface area contributed by atoms with Crippen LogP contribution in [0.3, 0.4) is 0 Å². The lowest BCUT2D eigenvalue weighted by Gasteiger charge is -2.36. The highest BCUT2D eigenvalue weighted by atomic mass is 35.5. The standard InChI is InChI=1S/C20H24ClN7OS/c1-22-20(28-12-10-27(11-13-28)14-15-5-6-17(21)30-15)24-9-7-18-25-19(29-26-18)16-4-2-3-8-23-16/h2-6,8H,7,9-14H2,1H3,(H,22,24). The molecule has 0 bridgehead atoms. The van der Waals surface area contributed by atoms with Crippen LogP contribution in [0.1, 0.15) is 10.7 Å². The first-order valence-electron chi connectivity index (χ1n) is 9.87. The summed E-state index contributed by atoms with van der Waals surface area (Å²) in [5.74, 6) is 2.00. The van der Waals surface area contributed by atoms with Gasteiger partial charge in [0.1, 0.15) is 5.69 Å². The second kappa shape index (κ2) is 10.0. The maximum atomic E-state index is 6.04. The molecule has 10 heteroatoms. The van der Waals surface area contributed by atoms with Crippen LogP contribution in [0.15, 0.2) is 46.0 Å². The van der Waals surface area contributed by atoms with Crippen molar-refractivity contribution in [3.05, 3.63) is 51.6 Å². The molecule has 0 atom stereocenters. The van der Waals surface area contributed by atoms with Gasteiger partial charge in [-0.25, -0.2) is 0 Å². The van der Waals surface area contributed by atoms with Crippen molar-refractivity contribution < 1.29 is 4.52 Å². The van der Waals surface area contributed by atoms with Crippen molar-refractivity contribution in [2.24, 2.45) is 4.99 Å². The fourth-order valence-electron chi connectivity index (χ4n) is 3.34. The lowest BCUT2D eigenvalue weighted by Crippen LogP contribution is -2.52. The van der Waals surface area contributed by atoms with Gasteiger partial charge >= 0.3 is 0 Å². The highest BCUT2D eigenvalue weighted by Crippen LogP contribution is 2.23. The van der Waals surface area contributed by atoms with Crippen molar-refractivity contribution in [1.29, 1.82) is 0 Å². The smallest absolute Gasteiger partial charge is 0.276 e. The van der Waals surface area contributed by atoms with E-state index in [1.165, 1.54) is 4.88 Å². The van der Waals surface area contributed by atoms with Crippen LogP contribution in [-0.2, 0) is 13.0 Å². The molecular formula is C20H24ClN7OS. The maximum absolute atomic E-state index is 6.04. The number of piperazine rings is 1. The van der Waals surface area contributed by atoms with Crippen molar-refractivity contribution in [2.45, 2.75) is 13.0 Å². The van der Waals surface area contributed by atoms with E-state index < -0.39 is 0 Å². The van der Waals surface area contributed by atoms with Crippen LogP contribution in [0.5, 0.6) is 0 Å². The first-order chi connectivity index (χ1) is 14.7. The molecule has 4 heterocycles. The molecule has 3 aromatic rings. The predicted molar refractivity (Wildman–Crippen MR) is 119 cm³/mol. The van der Waals surface area contributed by atoms with Gasteiger partial charge in [0.2, 0.25) is 0 Å². The second-order valence-electron chi connectivity index (χ2n) is 6.92. The van der Waals surface area contributed by atoms with E-state index in [9.17, 15) is 0 Å². The van der Waals surface area contributed by atoms with E-state index >= 15 is 0 Å². The van der Waals surface area contributed by atoms with Gasteiger partial charge in [-0.2, -0.15) is 4.98 Å². The molecule has 1 aliphatic heterocycles. The Morgan fingerprint density at radius 3 is 2.80 bits per heavy atom. The van der Waals surface area contributed by atoms with E-state index in [1.807, 2.05) is 31.3 Å². The highest BCUT2D eigenvalue weighted by Gasteiger charge is 2.20. The third-order valence-corrected chi connectivity index (χ3v) is 6.09. The Bertz CT molecular complexity index is 966. The summed E-state index contributed by atoms with van der Waals surface area (Å²) in [4.78, 5) is 19.1. The summed E-state index contributed by atoms with van der Waals surface area (Å²) in [7, 11) is 1.82. The molecule has 0 aromatic carbocycles. The van der Waals surface area contributed by atoms with E-state index in [0.717, 1.165) is 43.0 Å². The molecule has 1 N–H and O–H groups in total. The van der Waals surface area contributed by atoms with Gasteiger partial charge in [0.25, 0.3) is 5.89 Å². The van der Waals surface area contributed by atoms with Gasteiger partial charge in [-0.3, -0.25) is 14.9 Å². The minimum absolute atomic E-state index is 0.443. The third-order valence-electron chi connectivity index (χ3n) is 4.88. The molecule has 30 heavy (non-hydrogen) atoms. The van der Waals surface area contributed by atoms with Crippen molar-refractivity contribution in [3.63, 3.8) is 0 Å². The fourth-order valence-corrected chi connectivity index (χ4v) is 4.47. The van der Waals surface area contributed by atoms with Gasteiger partial charge in [-0.05, 0) is 24.3 Å². The lowest BCUT2D eigenvalue weighted by molar-refractivity contribution is 0.174. The maximum Gasteiger partial charge on any atom is 0.276 e. The molecule has 8 nitrogen and oxygen atoms in total. The Balaban J connectivity index is 1.22. The number of nitrogens with zero attached hydrogens (tertiary/aromatic N) is 6. The zero-order valence-electron chi connectivity index (χ0n) is 16.8. The SMILES string of the molecule is CN=C(NCCc1noc(-c2ccccn2)n1)N1CCN(Cc2ccc(Cl)s2)CC1. The van der Waals surface area contributed by atoms with Gasteiger partial charge < -0.3 is 14.7 Å². The zero-order valence-corrected chi connectivity index (χ0v) is 18.4. The number of aromatic nitrogens is 3. The Kier molecular flexibility index (Phi) is 6.93. The summed E-state index contributed by atoms with van der Waals surface area (Å²) in [6, 6.07) is 9.68. The van der Waals surface area contributed by atoms with Crippen LogP contribution in [0, 0.1) is 0 Å². The molecule has 158 valence electrons. The van der Waals surface area contributed by atoms with E-state index in [0.29, 0.717) is 30.4 Å². The molecule has 0 radical (unpaired) electrons. The summed E-state index contributed by atoms with van der Waals surface area (Å²) < 4.78 is 6.16. The van der Waals surface area contributed by atoms with Gasteiger partial charge in [0.15, 0.2) is 11.8 Å². The number of thiophene rings is 1. The zero-order chi connectivity index (χ0) is 20.8. The summed E-state index contributed by atoms with van der Waals surface area (Å²) >= 11 is 7.69. The van der Waals surface area contributed by atoms with Gasteiger partial charge in [0.05, 0.1) is 4.34 Å². The van der Waals surface area contributed by atoms with E-state index in [-0.39, 0.29) is 0 Å². The quantitative estimate of drug-likeness (QED) is 0.461. The molecule has 4 rings (SSSR count). The number of halogens is 1. The van der Waals surface area contributed by atoms with Crippen molar-refractivity contribution in [2.75, 3.05) is 39.8 Å². The highest BCUT2D eigenvalue weighted by molar-refractivity contribution is 7.16. The first kappa shape index (κ1) is 20.8. The Morgan fingerprint density at radius 1 is 1.23 bits per heavy atom. The van der Waals surface area contributed by atoms with Gasteiger partial charge in [0, 0.05) is 63.8 Å². The molecule has 0 aliphatic carbocycles. The number of nitrogens with one attached hydrogen (secondary N) is 1. The molecular weight excluding hydrogens is 422 g/mol. The van der Waals surface area contributed by atoms with Crippen LogP contribution in [0.2, 0.25) is 4.34 Å². The van der Waals surface area contributed by atoms with E-state index in [2.05, 4.69) is 41.3 Å². The fraction of sp³-hybridized carbons (Fsp3) is 0.400. The first-order valence-corrected chi connectivity index (χ1v) is 11.1. The molecule has 0 amide bonds. The topological polar surface area (TPSA) is 82.7 Å². The average Bonchev–Trinajstić information content (AvgIpc) is 3.42. The Labute approximate surface area is 184 Å². The number of aliphatic imine (C=N–C) groups is 1. The molecule has 1 aliphatic rings. The molecule has 3 aromatic heterocycles. The summed E-state index contributed by atoms with van der Waals surface area (Å²) in [5, 5.41) is 7.45. The van der Waals surface area contributed by atoms with E-state index in [1.54, 1.807) is 17.5 Å². The number of pyridine rings is 1. The lowest BCUT2D eigenvalue weighted by atomic mass is 10.3. The average molecular weight is 446 g/mol. The van der Waals surface area contributed by atoms with Crippen LogP contribution in [0.4, 0.5) is 0 Å². The van der Waals surface area contributed by atoms with Crippen LogP contribution < -0.4 is 5.32 Å². The van der Waals surface area contributed by atoms with Crippen LogP contribution in [-0.4, -0.2) is 70.7 Å². The molecule has 0 saturated carbocycles. The van der Waals surface area contributed by atoms with Crippen molar-refractivity contribution >= 4 is 28.9 Å². The Morgan fingerprint density at radius 2 is 2.10 bits per heavy atom. The summed E-state index contributed by atoms with van der Waals surface area (Å²) in [6.45, 7) is 5.49. The molecule has 0 spiro atoms. The van der Waals surface area contributed by atoms with Crippen molar-refractivity contribution in [1.82, 2.24) is 30.2 Å². The minimum Gasteiger partial charge on any atom is -0.356 e. The number of hydrogen-bond donors (Lipinski definition) is 1. The number of guanidine groups is 1. The molecule has 0 unspecified atom stereocenters. The van der Waals surface area contributed by atoms with Gasteiger partial charge in [-0.1, -0.05) is 22.8 Å². The molecule has 1 saturated heterocycles. The summed E-state index contributed by atoms with van der Waals surface area (Å²) in [5.41, 5.74) is 0.683. The summed E-state index contributed by atoms with van der Waals surface area (Å²) in [6.07, 6.45) is 2.36. The number of hydrogen-bond acceptors (Lipinski definition) is 7. The normalized spacial score (nSPS) is 15.5. The second-order valence-corrected chi connectivity index (χ2v) is 8.72. The van der Waals surface area contributed by atoms with Gasteiger partial charge in [-0.15, -0.1) is 11.3 Å². The monoisotopic (exact) mass is 445 g/mol. The Hall–Kier alpha value is -2.49. The van der Waals surface area contributed by atoms with E-state index in [4.69, 9.17) is 16.1 Å².